The van der Waals surface area contributed by atoms with E-state index >= 15 is 0 Å². The molecule has 0 saturated heterocycles. The van der Waals surface area contributed by atoms with Crippen molar-refractivity contribution in [1.29, 1.82) is 0 Å². The van der Waals surface area contributed by atoms with Gasteiger partial charge in [0.05, 0.1) is 10.6 Å². The number of hydrogen-bond acceptors (Lipinski definition) is 5. The van der Waals surface area contributed by atoms with Gasteiger partial charge in [-0.2, -0.15) is 0 Å². The van der Waals surface area contributed by atoms with E-state index in [2.05, 4.69) is 22.2 Å². The third-order valence-electron chi connectivity index (χ3n) is 3.41. The molecule has 0 spiro atoms. The van der Waals surface area contributed by atoms with Crippen molar-refractivity contribution in [3.63, 3.8) is 0 Å². The number of nitrogens with zero attached hydrogens (tertiary/aromatic N) is 2. The molecule has 0 amide bonds. The first kappa shape index (κ1) is 14.0. The fourth-order valence-corrected chi connectivity index (χ4v) is 2.77. The molecule has 0 saturated carbocycles. The molecule has 4 nitrogen and oxygen atoms in total. The van der Waals surface area contributed by atoms with E-state index in [4.69, 9.17) is 4.42 Å². The maximum Gasteiger partial charge on any atom is 0.236 e. The molecule has 0 aromatic carbocycles. The van der Waals surface area contributed by atoms with E-state index in [9.17, 15) is 0 Å². The van der Waals surface area contributed by atoms with E-state index in [-0.39, 0.29) is 6.04 Å². The molecular weight excluding hydrogens is 282 g/mol. The third kappa shape index (κ3) is 3.20. The van der Waals surface area contributed by atoms with Crippen molar-refractivity contribution in [2.24, 2.45) is 0 Å². The molecule has 0 aliphatic rings. The van der Waals surface area contributed by atoms with Crippen LogP contribution in [-0.4, -0.2) is 9.97 Å². The summed E-state index contributed by atoms with van der Waals surface area (Å²) >= 11 is 1.64. The van der Waals surface area contributed by atoms with E-state index < -0.39 is 0 Å². The van der Waals surface area contributed by atoms with E-state index in [0.717, 1.165) is 16.3 Å². The van der Waals surface area contributed by atoms with E-state index in [0.29, 0.717) is 12.4 Å². The van der Waals surface area contributed by atoms with Crippen LogP contribution in [0.2, 0.25) is 0 Å². The van der Waals surface area contributed by atoms with Gasteiger partial charge in [-0.05, 0) is 43.0 Å². The molecule has 0 bridgehead atoms. The third-order valence-corrected chi connectivity index (χ3v) is 4.26. The van der Waals surface area contributed by atoms with Gasteiger partial charge < -0.3 is 9.73 Å². The number of hydrogen-bond donors (Lipinski definition) is 1. The second kappa shape index (κ2) is 6.20. The zero-order valence-electron chi connectivity index (χ0n) is 12.0. The Morgan fingerprint density at radius 1 is 1.29 bits per heavy atom. The molecule has 3 aromatic rings. The van der Waals surface area contributed by atoms with E-state index in [1.165, 1.54) is 5.56 Å². The number of thiophene rings is 1. The van der Waals surface area contributed by atoms with Crippen LogP contribution >= 0.6 is 11.3 Å². The van der Waals surface area contributed by atoms with Gasteiger partial charge in [0.2, 0.25) is 5.89 Å². The van der Waals surface area contributed by atoms with Crippen molar-refractivity contribution >= 4 is 11.3 Å². The van der Waals surface area contributed by atoms with Crippen LogP contribution in [0.15, 0.2) is 46.5 Å². The number of aromatic nitrogens is 2. The van der Waals surface area contributed by atoms with Crippen LogP contribution in [0.4, 0.5) is 0 Å². The van der Waals surface area contributed by atoms with Gasteiger partial charge in [-0.3, -0.25) is 4.98 Å². The summed E-state index contributed by atoms with van der Waals surface area (Å²) in [6, 6.07) is 8.30. The number of aryl methyl sites for hydroxylation is 1. The summed E-state index contributed by atoms with van der Waals surface area (Å²) in [7, 11) is 0. The van der Waals surface area contributed by atoms with Gasteiger partial charge in [0.1, 0.15) is 5.76 Å². The number of oxazole rings is 1. The highest BCUT2D eigenvalue weighted by molar-refractivity contribution is 7.13. The maximum atomic E-state index is 5.75. The second-order valence-electron chi connectivity index (χ2n) is 4.88. The minimum Gasteiger partial charge on any atom is -0.440 e. The van der Waals surface area contributed by atoms with Crippen molar-refractivity contribution in [3.05, 3.63) is 59.1 Å². The lowest BCUT2D eigenvalue weighted by atomic mass is 10.1. The lowest BCUT2D eigenvalue weighted by Crippen LogP contribution is -2.18. The molecule has 108 valence electrons. The lowest BCUT2D eigenvalue weighted by Gasteiger charge is -2.12. The van der Waals surface area contributed by atoms with Gasteiger partial charge in [-0.1, -0.05) is 6.07 Å². The Labute approximate surface area is 127 Å². The molecule has 21 heavy (non-hydrogen) atoms. The molecule has 1 unspecified atom stereocenters. The fraction of sp³-hybridized carbons (Fsp3) is 0.250. The summed E-state index contributed by atoms with van der Waals surface area (Å²) in [6.07, 6.45) is 3.62. The molecule has 1 atom stereocenters. The average molecular weight is 299 g/mol. The maximum absolute atomic E-state index is 5.75. The molecule has 3 heterocycles. The van der Waals surface area contributed by atoms with E-state index in [1.807, 2.05) is 49.0 Å². The van der Waals surface area contributed by atoms with Crippen LogP contribution < -0.4 is 5.32 Å². The Bertz CT molecular complexity index is 692. The minimum atomic E-state index is 0.245. The van der Waals surface area contributed by atoms with Crippen molar-refractivity contribution < 1.29 is 4.42 Å². The summed E-state index contributed by atoms with van der Waals surface area (Å²) in [5.74, 6) is 1.57. The van der Waals surface area contributed by atoms with E-state index in [1.54, 1.807) is 11.3 Å². The molecule has 0 radical (unpaired) electrons. The summed E-state index contributed by atoms with van der Waals surface area (Å²) < 4.78 is 5.75. The van der Waals surface area contributed by atoms with Crippen LogP contribution in [0, 0.1) is 6.92 Å². The van der Waals surface area contributed by atoms with Crippen molar-refractivity contribution in [1.82, 2.24) is 15.3 Å². The quantitative estimate of drug-likeness (QED) is 0.775. The average Bonchev–Trinajstić information content (AvgIpc) is 3.15. The normalized spacial score (nSPS) is 12.5. The Balaban J connectivity index is 1.68. The summed E-state index contributed by atoms with van der Waals surface area (Å²) in [5.41, 5.74) is 2.17. The largest absolute Gasteiger partial charge is 0.440 e. The van der Waals surface area contributed by atoms with Crippen LogP contribution in [0.5, 0.6) is 0 Å². The predicted octanol–water partition coefficient (Wildman–Crippen LogP) is 3.96. The van der Waals surface area contributed by atoms with Crippen molar-refractivity contribution in [3.8, 4) is 10.8 Å². The van der Waals surface area contributed by atoms with Gasteiger partial charge in [0.15, 0.2) is 0 Å². The topological polar surface area (TPSA) is 51.0 Å². The van der Waals surface area contributed by atoms with Crippen molar-refractivity contribution in [2.45, 2.75) is 26.4 Å². The molecule has 3 rings (SSSR count). The lowest BCUT2D eigenvalue weighted by molar-refractivity contribution is 0.529. The highest BCUT2D eigenvalue weighted by Gasteiger charge is 2.13. The molecule has 0 aliphatic heterocycles. The summed E-state index contributed by atoms with van der Waals surface area (Å²) in [6.45, 7) is 4.77. The van der Waals surface area contributed by atoms with Gasteiger partial charge in [-0.15, -0.1) is 11.3 Å². The fourth-order valence-electron chi connectivity index (χ4n) is 2.12. The monoisotopic (exact) mass is 299 g/mol. The first-order valence-corrected chi connectivity index (χ1v) is 7.75. The predicted molar refractivity (Wildman–Crippen MR) is 84.0 cm³/mol. The summed E-state index contributed by atoms with van der Waals surface area (Å²) in [4.78, 5) is 9.69. The summed E-state index contributed by atoms with van der Waals surface area (Å²) in [5, 5.41) is 5.49. The smallest absolute Gasteiger partial charge is 0.236 e. The first-order valence-electron chi connectivity index (χ1n) is 6.87. The standard InChI is InChI=1S/C16H17N3OS/c1-11(13-5-7-17-8-6-13)18-10-14-12(2)20-16(19-14)15-4-3-9-21-15/h3-9,11,18H,10H2,1-2H3. The first-order chi connectivity index (χ1) is 10.2. The zero-order valence-corrected chi connectivity index (χ0v) is 12.9. The van der Waals surface area contributed by atoms with Gasteiger partial charge in [-0.25, -0.2) is 4.98 Å². The van der Waals surface area contributed by atoms with Gasteiger partial charge in [0, 0.05) is 25.0 Å². The molecule has 0 fully saturated rings. The number of pyridine rings is 1. The van der Waals surface area contributed by atoms with Crippen LogP contribution in [0.1, 0.15) is 30.0 Å². The molecule has 5 heteroatoms. The van der Waals surface area contributed by atoms with Gasteiger partial charge in [0.25, 0.3) is 0 Å². The second-order valence-corrected chi connectivity index (χ2v) is 5.83. The Morgan fingerprint density at radius 2 is 2.10 bits per heavy atom. The number of nitrogens with one attached hydrogen (secondary N) is 1. The van der Waals surface area contributed by atoms with Crippen molar-refractivity contribution in [2.75, 3.05) is 0 Å². The Morgan fingerprint density at radius 3 is 2.81 bits per heavy atom. The van der Waals surface area contributed by atoms with Gasteiger partial charge >= 0.3 is 0 Å². The van der Waals surface area contributed by atoms with Crippen LogP contribution in [0.25, 0.3) is 10.8 Å². The Hall–Kier alpha value is -1.98. The molecule has 0 aliphatic carbocycles. The molecular formula is C16H17N3OS. The highest BCUT2D eigenvalue weighted by atomic mass is 32.1. The molecule has 1 N–H and O–H groups in total. The number of rotatable bonds is 5. The Kier molecular flexibility index (Phi) is 4.13. The van der Waals surface area contributed by atoms with Crippen LogP contribution in [0.3, 0.4) is 0 Å². The minimum absolute atomic E-state index is 0.245. The SMILES string of the molecule is Cc1oc(-c2cccs2)nc1CNC(C)c1ccncc1. The molecule has 3 aromatic heterocycles. The highest BCUT2D eigenvalue weighted by Crippen LogP contribution is 2.26. The van der Waals surface area contributed by atoms with Crippen LogP contribution in [-0.2, 0) is 6.54 Å². The zero-order chi connectivity index (χ0) is 14.7.